The minimum absolute atomic E-state index is 0.139. The molecule has 2 heteroatoms. The zero-order valence-corrected chi connectivity index (χ0v) is 8.04. The molecule has 0 saturated heterocycles. The quantitative estimate of drug-likeness (QED) is 0.671. The molecule has 0 aliphatic rings. The Morgan fingerprint density at radius 2 is 2.33 bits per heavy atom. The van der Waals surface area contributed by atoms with Crippen molar-refractivity contribution in [2.45, 2.75) is 32.7 Å². The predicted octanol–water partition coefficient (Wildman–Crippen LogP) is 2.67. The molecule has 0 amide bonds. The number of nitrogens with zero attached hydrogens (tertiary/aromatic N) is 2. The van der Waals surface area contributed by atoms with Gasteiger partial charge in [-0.25, -0.2) is 4.98 Å². The molecule has 12 heavy (non-hydrogen) atoms. The highest BCUT2D eigenvalue weighted by Crippen LogP contribution is 2.21. The fraction of sp³-hybridized carbons (Fsp3) is 0.500. The topological polar surface area (TPSA) is 17.8 Å². The lowest BCUT2D eigenvalue weighted by Gasteiger charge is -2.26. The van der Waals surface area contributed by atoms with Crippen molar-refractivity contribution in [3.63, 3.8) is 0 Å². The van der Waals surface area contributed by atoms with E-state index in [4.69, 9.17) is 0 Å². The van der Waals surface area contributed by atoms with Crippen molar-refractivity contribution in [3.05, 3.63) is 24.8 Å². The van der Waals surface area contributed by atoms with Crippen LogP contribution in [0, 0.1) is 0 Å². The molecule has 1 heterocycles. The maximum Gasteiger partial charge on any atom is 0.132 e. The van der Waals surface area contributed by atoms with E-state index in [1.54, 1.807) is 6.08 Å². The van der Waals surface area contributed by atoms with Gasteiger partial charge in [0.05, 0.1) is 0 Å². The molecule has 0 spiro atoms. The second-order valence-corrected chi connectivity index (χ2v) is 3.53. The zero-order valence-electron chi connectivity index (χ0n) is 8.04. The highest BCUT2D eigenvalue weighted by molar-refractivity contribution is 5.37. The molecule has 0 fully saturated rings. The Morgan fingerprint density at radius 3 is 2.83 bits per heavy atom. The first kappa shape index (κ1) is 9.04. The van der Waals surface area contributed by atoms with Gasteiger partial charge in [0, 0.05) is 17.9 Å². The number of rotatable bonds is 3. The molecule has 1 aromatic heterocycles. The SMILES string of the molecule is C=Cc1nccn1C(C)(C)CC. The molecule has 0 saturated carbocycles. The van der Waals surface area contributed by atoms with Gasteiger partial charge >= 0.3 is 0 Å². The minimum atomic E-state index is 0.139. The van der Waals surface area contributed by atoms with Crippen molar-refractivity contribution >= 4 is 6.08 Å². The Balaban J connectivity index is 3.08. The number of aromatic nitrogens is 2. The third-order valence-electron chi connectivity index (χ3n) is 2.37. The molecule has 0 bridgehead atoms. The van der Waals surface area contributed by atoms with Gasteiger partial charge in [0.1, 0.15) is 5.82 Å². The van der Waals surface area contributed by atoms with Gasteiger partial charge < -0.3 is 4.57 Å². The minimum Gasteiger partial charge on any atom is -0.326 e. The molecule has 1 aromatic rings. The summed E-state index contributed by atoms with van der Waals surface area (Å²) in [5.74, 6) is 0.946. The Labute approximate surface area is 73.9 Å². The Kier molecular flexibility index (Phi) is 2.36. The van der Waals surface area contributed by atoms with Gasteiger partial charge in [-0.2, -0.15) is 0 Å². The normalized spacial score (nSPS) is 11.6. The third-order valence-corrected chi connectivity index (χ3v) is 2.37. The van der Waals surface area contributed by atoms with Crippen LogP contribution in [0.2, 0.25) is 0 Å². The van der Waals surface area contributed by atoms with Crippen LogP contribution in [0.1, 0.15) is 33.0 Å². The number of hydrogen-bond acceptors (Lipinski definition) is 1. The summed E-state index contributed by atoms with van der Waals surface area (Å²) in [5, 5.41) is 0. The maximum atomic E-state index is 4.19. The van der Waals surface area contributed by atoms with Crippen LogP contribution in [-0.2, 0) is 5.54 Å². The van der Waals surface area contributed by atoms with E-state index in [0.29, 0.717) is 0 Å². The molecule has 1 rings (SSSR count). The molecular formula is C10H16N2. The summed E-state index contributed by atoms with van der Waals surface area (Å²) in [6.45, 7) is 10.3. The van der Waals surface area contributed by atoms with Crippen LogP contribution in [0.5, 0.6) is 0 Å². The smallest absolute Gasteiger partial charge is 0.132 e. The largest absolute Gasteiger partial charge is 0.326 e. The highest BCUT2D eigenvalue weighted by Gasteiger charge is 2.18. The average Bonchev–Trinajstić information content (AvgIpc) is 2.52. The molecule has 0 aromatic carbocycles. The van der Waals surface area contributed by atoms with Gasteiger partial charge in [0.15, 0.2) is 0 Å². The highest BCUT2D eigenvalue weighted by atomic mass is 15.1. The van der Waals surface area contributed by atoms with E-state index in [0.717, 1.165) is 12.2 Å². The van der Waals surface area contributed by atoms with E-state index in [1.165, 1.54) is 0 Å². The monoisotopic (exact) mass is 164 g/mol. The van der Waals surface area contributed by atoms with Crippen molar-refractivity contribution in [3.8, 4) is 0 Å². The van der Waals surface area contributed by atoms with Crippen LogP contribution in [0.3, 0.4) is 0 Å². The van der Waals surface area contributed by atoms with Crippen LogP contribution in [-0.4, -0.2) is 9.55 Å². The number of imidazole rings is 1. The third kappa shape index (κ3) is 1.42. The van der Waals surface area contributed by atoms with E-state index < -0.39 is 0 Å². The second kappa shape index (κ2) is 3.13. The summed E-state index contributed by atoms with van der Waals surface area (Å²) in [6.07, 6.45) is 6.69. The summed E-state index contributed by atoms with van der Waals surface area (Å²) in [5.41, 5.74) is 0.139. The van der Waals surface area contributed by atoms with Crippen LogP contribution in [0.25, 0.3) is 6.08 Å². The molecule has 0 unspecified atom stereocenters. The van der Waals surface area contributed by atoms with Crippen LogP contribution >= 0.6 is 0 Å². The predicted molar refractivity (Wildman–Crippen MR) is 51.9 cm³/mol. The van der Waals surface area contributed by atoms with E-state index in [2.05, 4.69) is 36.9 Å². The van der Waals surface area contributed by atoms with Gasteiger partial charge in [-0.3, -0.25) is 0 Å². The second-order valence-electron chi connectivity index (χ2n) is 3.53. The first-order valence-electron chi connectivity index (χ1n) is 4.28. The van der Waals surface area contributed by atoms with E-state index in [-0.39, 0.29) is 5.54 Å². The van der Waals surface area contributed by atoms with E-state index >= 15 is 0 Å². The average molecular weight is 164 g/mol. The van der Waals surface area contributed by atoms with Crippen molar-refractivity contribution in [2.24, 2.45) is 0 Å². The van der Waals surface area contributed by atoms with Gasteiger partial charge in [0.25, 0.3) is 0 Å². The van der Waals surface area contributed by atoms with Gasteiger partial charge in [-0.05, 0) is 26.3 Å². The maximum absolute atomic E-state index is 4.19. The molecule has 0 aliphatic heterocycles. The van der Waals surface area contributed by atoms with Crippen molar-refractivity contribution in [1.82, 2.24) is 9.55 Å². The van der Waals surface area contributed by atoms with Crippen molar-refractivity contribution in [2.75, 3.05) is 0 Å². The van der Waals surface area contributed by atoms with E-state index in [9.17, 15) is 0 Å². The van der Waals surface area contributed by atoms with Gasteiger partial charge in [0.2, 0.25) is 0 Å². The van der Waals surface area contributed by atoms with Crippen molar-refractivity contribution in [1.29, 1.82) is 0 Å². The van der Waals surface area contributed by atoms with Crippen LogP contribution < -0.4 is 0 Å². The number of hydrogen-bond donors (Lipinski definition) is 0. The fourth-order valence-corrected chi connectivity index (χ4v) is 1.15. The molecule has 0 radical (unpaired) electrons. The fourth-order valence-electron chi connectivity index (χ4n) is 1.15. The lowest BCUT2D eigenvalue weighted by molar-refractivity contribution is 0.340. The lowest BCUT2D eigenvalue weighted by Crippen LogP contribution is -2.25. The van der Waals surface area contributed by atoms with Crippen LogP contribution in [0.4, 0.5) is 0 Å². The standard InChI is InChI=1S/C10H16N2/c1-5-9-11-7-8-12(9)10(3,4)6-2/h5,7-8H,1,6H2,2-4H3. The molecular weight excluding hydrogens is 148 g/mol. The van der Waals surface area contributed by atoms with E-state index in [1.807, 2.05) is 12.4 Å². The molecule has 0 atom stereocenters. The Bertz CT molecular complexity index is 271. The molecule has 2 nitrogen and oxygen atoms in total. The van der Waals surface area contributed by atoms with Crippen molar-refractivity contribution < 1.29 is 0 Å². The summed E-state index contributed by atoms with van der Waals surface area (Å²) >= 11 is 0. The Hall–Kier alpha value is -1.05. The zero-order chi connectivity index (χ0) is 9.19. The van der Waals surface area contributed by atoms with Gasteiger partial charge in [-0.15, -0.1) is 0 Å². The summed E-state index contributed by atoms with van der Waals surface area (Å²) in [4.78, 5) is 4.19. The van der Waals surface area contributed by atoms with Gasteiger partial charge in [-0.1, -0.05) is 13.5 Å². The molecule has 0 N–H and O–H groups in total. The first-order valence-corrected chi connectivity index (χ1v) is 4.28. The first-order chi connectivity index (χ1) is 5.61. The summed E-state index contributed by atoms with van der Waals surface area (Å²) < 4.78 is 2.15. The molecule has 0 aliphatic carbocycles. The molecule has 66 valence electrons. The summed E-state index contributed by atoms with van der Waals surface area (Å²) in [7, 11) is 0. The van der Waals surface area contributed by atoms with Crippen LogP contribution in [0.15, 0.2) is 19.0 Å². The lowest BCUT2D eigenvalue weighted by atomic mass is 10.0. The summed E-state index contributed by atoms with van der Waals surface area (Å²) in [6, 6.07) is 0. The Morgan fingerprint density at radius 1 is 1.67 bits per heavy atom.